The van der Waals surface area contributed by atoms with Crippen LogP contribution in [0.2, 0.25) is 5.02 Å². The number of carbonyl (C=O) groups excluding carboxylic acids is 1. The fraction of sp³-hybridized carbons (Fsp3) is 0.0833. The Labute approximate surface area is 121 Å². The van der Waals surface area contributed by atoms with Crippen LogP contribution in [-0.2, 0) is 0 Å². The minimum absolute atomic E-state index is 0.157. The molecule has 0 unspecified atom stereocenters. The topological polar surface area (TPSA) is 29.1 Å². The average Bonchev–Trinajstić information content (AvgIpc) is 2.69. The predicted molar refractivity (Wildman–Crippen MR) is 76.1 cm³/mol. The number of anilines is 1. The minimum atomic E-state index is -0.461. The van der Waals surface area contributed by atoms with Crippen LogP contribution in [0.4, 0.5) is 10.1 Å². The first-order valence-corrected chi connectivity index (χ1v) is 7.04. The first-order chi connectivity index (χ1) is 8.49. The lowest BCUT2D eigenvalue weighted by atomic mass is 10.2. The molecule has 0 aliphatic rings. The molecule has 6 heteroatoms. The van der Waals surface area contributed by atoms with E-state index in [-0.39, 0.29) is 10.9 Å². The standard InChI is InChI=1S/C12H8BrClFNOS/c1-6-2-3-18-11(6)12(17)16-10-8(13)4-7(15)5-9(10)14/h2-5H,1H3,(H,16,17). The molecule has 0 atom stereocenters. The number of benzene rings is 1. The Morgan fingerprint density at radius 3 is 2.78 bits per heavy atom. The fourth-order valence-electron chi connectivity index (χ4n) is 1.44. The molecule has 0 fully saturated rings. The summed E-state index contributed by atoms with van der Waals surface area (Å²) in [5.41, 5.74) is 1.27. The number of carbonyl (C=O) groups is 1. The molecule has 0 saturated carbocycles. The Balaban J connectivity index is 2.31. The van der Waals surface area contributed by atoms with Crippen molar-refractivity contribution in [2.24, 2.45) is 0 Å². The van der Waals surface area contributed by atoms with Crippen molar-refractivity contribution in [3.8, 4) is 0 Å². The second kappa shape index (κ2) is 5.38. The Hall–Kier alpha value is -0.910. The van der Waals surface area contributed by atoms with E-state index in [2.05, 4.69) is 21.2 Å². The van der Waals surface area contributed by atoms with Crippen LogP contribution < -0.4 is 5.32 Å². The third-order valence-electron chi connectivity index (χ3n) is 2.31. The molecular weight excluding hydrogens is 341 g/mol. The number of halogens is 3. The molecule has 0 spiro atoms. The van der Waals surface area contributed by atoms with Crippen molar-refractivity contribution in [2.75, 3.05) is 5.32 Å². The van der Waals surface area contributed by atoms with Crippen LogP contribution >= 0.6 is 38.9 Å². The maximum absolute atomic E-state index is 13.1. The van der Waals surface area contributed by atoms with Gasteiger partial charge in [0, 0.05) is 4.47 Å². The molecule has 1 aromatic carbocycles. The smallest absolute Gasteiger partial charge is 0.266 e. The molecule has 18 heavy (non-hydrogen) atoms. The number of thiophene rings is 1. The summed E-state index contributed by atoms with van der Waals surface area (Å²) < 4.78 is 13.5. The van der Waals surface area contributed by atoms with Crippen molar-refractivity contribution in [1.82, 2.24) is 0 Å². The van der Waals surface area contributed by atoms with Gasteiger partial charge < -0.3 is 5.32 Å². The van der Waals surface area contributed by atoms with Gasteiger partial charge >= 0.3 is 0 Å². The van der Waals surface area contributed by atoms with Crippen LogP contribution in [0.15, 0.2) is 28.1 Å². The van der Waals surface area contributed by atoms with Gasteiger partial charge in [0.15, 0.2) is 0 Å². The molecule has 0 aliphatic heterocycles. The van der Waals surface area contributed by atoms with Crippen LogP contribution in [0.5, 0.6) is 0 Å². The number of aryl methyl sites for hydroxylation is 1. The van der Waals surface area contributed by atoms with E-state index in [1.165, 1.54) is 17.4 Å². The van der Waals surface area contributed by atoms with Crippen LogP contribution in [0.3, 0.4) is 0 Å². The highest BCUT2D eigenvalue weighted by Crippen LogP contribution is 2.32. The van der Waals surface area contributed by atoms with E-state index in [0.717, 1.165) is 11.6 Å². The van der Waals surface area contributed by atoms with Crippen molar-refractivity contribution < 1.29 is 9.18 Å². The molecule has 1 N–H and O–H groups in total. The highest BCUT2D eigenvalue weighted by Gasteiger charge is 2.15. The zero-order chi connectivity index (χ0) is 13.3. The third kappa shape index (κ3) is 2.74. The molecule has 1 amide bonds. The lowest BCUT2D eigenvalue weighted by molar-refractivity contribution is 0.103. The van der Waals surface area contributed by atoms with Crippen LogP contribution in [-0.4, -0.2) is 5.91 Å². The number of nitrogens with one attached hydrogen (secondary N) is 1. The Morgan fingerprint density at radius 1 is 1.50 bits per heavy atom. The zero-order valence-corrected chi connectivity index (χ0v) is 12.4. The van der Waals surface area contributed by atoms with E-state index >= 15 is 0 Å². The molecule has 0 aliphatic carbocycles. The second-order valence-electron chi connectivity index (χ2n) is 3.63. The summed E-state index contributed by atoms with van der Waals surface area (Å²) in [4.78, 5) is 12.6. The summed E-state index contributed by atoms with van der Waals surface area (Å²) in [6.45, 7) is 1.85. The number of rotatable bonds is 2. The zero-order valence-electron chi connectivity index (χ0n) is 9.26. The Kier molecular flexibility index (Phi) is 4.04. The molecule has 0 saturated heterocycles. The summed E-state index contributed by atoms with van der Waals surface area (Å²) in [6.07, 6.45) is 0. The van der Waals surface area contributed by atoms with Gasteiger partial charge in [-0.25, -0.2) is 4.39 Å². The largest absolute Gasteiger partial charge is 0.319 e. The van der Waals surface area contributed by atoms with E-state index in [1.54, 1.807) is 0 Å². The van der Waals surface area contributed by atoms with Crippen LogP contribution in [0, 0.1) is 12.7 Å². The SMILES string of the molecule is Cc1ccsc1C(=O)Nc1c(Cl)cc(F)cc1Br. The minimum Gasteiger partial charge on any atom is -0.319 e. The number of hydrogen-bond donors (Lipinski definition) is 1. The highest BCUT2D eigenvalue weighted by atomic mass is 79.9. The third-order valence-corrected chi connectivity index (χ3v) is 4.25. The second-order valence-corrected chi connectivity index (χ2v) is 5.81. The van der Waals surface area contributed by atoms with E-state index in [9.17, 15) is 9.18 Å². The number of amides is 1. The molecule has 1 aromatic heterocycles. The quantitative estimate of drug-likeness (QED) is 0.824. The average molecular weight is 349 g/mol. The molecule has 0 bridgehead atoms. The number of hydrogen-bond acceptors (Lipinski definition) is 2. The van der Waals surface area contributed by atoms with Gasteiger partial charge in [0.1, 0.15) is 5.82 Å². The molecule has 94 valence electrons. The van der Waals surface area contributed by atoms with Gasteiger partial charge in [0.25, 0.3) is 5.91 Å². The van der Waals surface area contributed by atoms with Gasteiger partial charge in [-0.2, -0.15) is 0 Å². The monoisotopic (exact) mass is 347 g/mol. The normalized spacial score (nSPS) is 10.4. The van der Waals surface area contributed by atoms with Gasteiger partial charge in [-0.3, -0.25) is 4.79 Å². The first kappa shape index (κ1) is 13.5. The lowest BCUT2D eigenvalue weighted by Crippen LogP contribution is -2.12. The van der Waals surface area contributed by atoms with Crippen molar-refractivity contribution >= 4 is 50.5 Å². The maximum Gasteiger partial charge on any atom is 0.266 e. The highest BCUT2D eigenvalue weighted by molar-refractivity contribution is 9.10. The van der Waals surface area contributed by atoms with Gasteiger partial charge in [0.2, 0.25) is 0 Å². The van der Waals surface area contributed by atoms with E-state index in [4.69, 9.17) is 11.6 Å². The summed E-state index contributed by atoms with van der Waals surface area (Å²) in [7, 11) is 0. The molecule has 0 radical (unpaired) electrons. The van der Waals surface area contributed by atoms with Crippen molar-refractivity contribution in [1.29, 1.82) is 0 Å². The van der Waals surface area contributed by atoms with Crippen molar-refractivity contribution in [3.63, 3.8) is 0 Å². The van der Waals surface area contributed by atoms with Gasteiger partial charge in [-0.1, -0.05) is 11.6 Å². The van der Waals surface area contributed by atoms with Crippen molar-refractivity contribution in [3.05, 3.63) is 49.3 Å². The Bertz CT molecular complexity index is 591. The summed E-state index contributed by atoms with van der Waals surface area (Å²) in [6, 6.07) is 4.27. The van der Waals surface area contributed by atoms with Crippen LogP contribution in [0.1, 0.15) is 15.2 Å². The van der Waals surface area contributed by atoms with Crippen molar-refractivity contribution in [2.45, 2.75) is 6.92 Å². The molecule has 2 nitrogen and oxygen atoms in total. The van der Waals surface area contributed by atoms with Gasteiger partial charge in [-0.15, -0.1) is 11.3 Å². The summed E-state index contributed by atoms with van der Waals surface area (Å²) in [5.74, 6) is -0.714. The molecule has 1 heterocycles. The fourth-order valence-corrected chi connectivity index (χ4v) is 3.16. The van der Waals surface area contributed by atoms with Gasteiger partial charge in [-0.05, 0) is 52.0 Å². The lowest BCUT2D eigenvalue weighted by Gasteiger charge is -2.09. The molecule has 2 aromatic rings. The summed E-state index contributed by atoms with van der Waals surface area (Å²) in [5, 5.41) is 4.67. The molecule has 2 rings (SSSR count). The van der Waals surface area contributed by atoms with Crippen LogP contribution in [0.25, 0.3) is 0 Å². The summed E-state index contributed by atoms with van der Waals surface area (Å²) >= 11 is 10.4. The molecular formula is C12H8BrClFNOS. The predicted octanol–water partition coefficient (Wildman–Crippen LogP) is 4.86. The Morgan fingerprint density at radius 2 is 2.22 bits per heavy atom. The maximum atomic E-state index is 13.1. The first-order valence-electron chi connectivity index (χ1n) is 4.99. The van der Waals surface area contributed by atoms with Gasteiger partial charge in [0.05, 0.1) is 15.6 Å². The van der Waals surface area contributed by atoms with E-state index in [1.807, 2.05) is 18.4 Å². The van der Waals surface area contributed by atoms with E-state index < -0.39 is 5.82 Å². The van der Waals surface area contributed by atoms with E-state index in [0.29, 0.717) is 15.0 Å².